The number of guanidine groups is 1. The predicted octanol–water partition coefficient (Wildman–Crippen LogP) is 2.17. The van der Waals surface area contributed by atoms with Crippen molar-refractivity contribution in [2.45, 2.75) is 38.6 Å². The summed E-state index contributed by atoms with van der Waals surface area (Å²) in [6, 6.07) is 10.4. The molecule has 1 aliphatic heterocycles. The molecule has 0 spiro atoms. The van der Waals surface area contributed by atoms with Gasteiger partial charge in [-0.15, -0.1) is 24.0 Å². The molecule has 1 aromatic rings. The van der Waals surface area contributed by atoms with Crippen molar-refractivity contribution < 1.29 is 8.42 Å². The van der Waals surface area contributed by atoms with E-state index in [0.717, 1.165) is 25.5 Å². The molecule has 1 atom stereocenters. The third-order valence-electron chi connectivity index (χ3n) is 4.52. The van der Waals surface area contributed by atoms with Crippen molar-refractivity contribution in [3.8, 4) is 0 Å². The van der Waals surface area contributed by atoms with Gasteiger partial charge in [0.05, 0.1) is 5.75 Å². The molecule has 2 N–H and O–H groups in total. The van der Waals surface area contributed by atoms with Crippen molar-refractivity contribution in [1.82, 2.24) is 14.9 Å². The fraction of sp³-hybridized carbons (Fsp3) is 0.611. The largest absolute Gasteiger partial charge is 0.355 e. The van der Waals surface area contributed by atoms with Crippen LogP contribution in [0, 0.1) is 0 Å². The smallest absolute Gasteiger partial charge is 0.213 e. The second kappa shape index (κ2) is 9.89. The van der Waals surface area contributed by atoms with Gasteiger partial charge in [0.2, 0.25) is 10.0 Å². The Morgan fingerprint density at radius 3 is 2.54 bits per heavy atom. The SMILES string of the molecule is CN=C(NCCS(=O)(=O)NC(C)C)N1CCC(C)(c2ccccc2)C1.I. The Kier molecular flexibility index (Phi) is 8.81. The molecule has 0 amide bonds. The zero-order valence-electron chi connectivity index (χ0n) is 16.0. The molecular formula is C18H31IN4O2S. The Labute approximate surface area is 174 Å². The first kappa shape index (κ1) is 23.2. The van der Waals surface area contributed by atoms with Crippen molar-refractivity contribution in [2.24, 2.45) is 4.99 Å². The zero-order valence-corrected chi connectivity index (χ0v) is 19.2. The van der Waals surface area contributed by atoms with Crippen LogP contribution in [0.25, 0.3) is 0 Å². The topological polar surface area (TPSA) is 73.8 Å². The number of nitrogens with zero attached hydrogens (tertiary/aromatic N) is 2. The number of hydrogen-bond acceptors (Lipinski definition) is 3. The van der Waals surface area contributed by atoms with E-state index in [1.54, 1.807) is 7.05 Å². The summed E-state index contributed by atoms with van der Waals surface area (Å²) in [6.07, 6.45) is 1.05. The van der Waals surface area contributed by atoms with Gasteiger partial charge < -0.3 is 10.2 Å². The van der Waals surface area contributed by atoms with Gasteiger partial charge in [-0.2, -0.15) is 0 Å². The number of benzene rings is 1. The quantitative estimate of drug-likeness (QED) is 0.361. The summed E-state index contributed by atoms with van der Waals surface area (Å²) < 4.78 is 26.4. The molecule has 0 aliphatic carbocycles. The maximum atomic E-state index is 11.9. The molecule has 1 unspecified atom stereocenters. The summed E-state index contributed by atoms with van der Waals surface area (Å²) >= 11 is 0. The monoisotopic (exact) mass is 494 g/mol. The summed E-state index contributed by atoms with van der Waals surface area (Å²) in [6.45, 7) is 8.02. The lowest BCUT2D eigenvalue weighted by atomic mass is 9.82. The molecule has 0 saturated carbocycles. The molecule has 0 radical (unpaired) electrons. The number of rotatable bonds is 6. The fourth-order valence-corrected chi connectivity index (χ4v) is 4.47. The fourth-order valence-electron chi connectivity index (χ4n) is 3.27. The van der Waals surface area contributed by atoms with Gasteiger partial charge in [0.1, 0.15) is 0 Å². The van der Waals surface area contributed by atoms with Gasteiger partial charge in [-0.3, -0.25) is 4.99 Å². The molecule has 1 heterocycles. The number of likely N-dealkylation sites (tertiary alicyclic amines) is 1. The second-order valence-electron chi connectivity index (χ2n) is 7.16. The Morgan fingerprint density at radius 1 is 1.31 bits per heavy atom. The van der Waals surface area contributed by atoms with Crippen LogP contribution in [0.2, 0.25) is 0 Å². The minimum Gasteiger partial charge on any atom is -0.355 e. The van der Waals surface area contributed by atoms with E-state index in [1.165, 1.54) is 5.56 Å². The van der Waals surface area contributed by atoms with Crippen molar-refractivity contribution >= 4 is 40.0 Å². The Bertz CT molecular complexity index is 694. The summed E-state index contributed by atoms with van der Waals surface area (Å²) in [5, 5.41) is 3.19. The molecule has 0 bridgehead atoms. The zero-order chi connectivity index (χ0) is 18.5. The van der Waals surface area contributed by atoms with Gasteiger partial charge in [0, 0.05) is 38.1 Å². The van der Waals surface area contributed by atoms with E-state index < -0.39 is 10.0 Å². The summed E-state index contributed by atoms with van der Waals surface area (Å²) in [5.41, 5.74) is 1.42. The van der Waals surface area contributed by atoms with E-state index in [-0.39, 0.29) is 41.2 Å². The van der Waals surface area contributed by atoms with Crippen LogP contribution in [0.4, 0.5) is 0 Å². The molecule has 2 rings (SSSR count). The first-order chi connectivity index (χ1) is 11.8. The van der Waals surface area contributed by atoms with E-state index in [9.17, 15) is 8.42 Å². The molecule has 8 heteroatoms. The Balaban J connectivity index is 0.00000338. The van der Waals surface area contributed by atoms with Crippen LogP contribution in [0.15, 0.2) is 35.3 Å². The van der Waals surface area contributed by atoms with E-state index in [1.807, 2.05) is 19.9 Å². The van der Waals surface area contributed by atoms with Crippen molar-refractivity contribution in [3.63, 3.8) is 0 Å². The van der Waals surface area contributed by atoms with E-state index >= 15 is 0 Å². The predicted molar refractivity (Wildman–Crippen MR) is 119 cm³/mol. The van der Waals surface area contributed by atoms with Gasteiger partial charge >= 0.3 is 0 Å². The average Bonchev–Trinajstić information content (AvgIpc) is 2.95. The van der Waals surface area contributed by atoms with Gasteiger partial charge in [0.15, 0.2) is 5.96 Å². The number of nitrogens with one attached hydrogen (secondary N) is 2. The normalized spacial score (nSPS) is 21.0. The standard InChI is InChI=1S/C18H30N4O2S.HI/c1-15(2)21-25(23,24)13-11-20-17(19-4)22-12-10-18(3,14-22)16-8-6-5-7-9-16;/h5-9,15,21H,10-14H2,1-4H3,(H,19,20);1H. The van der Waals surface area contributed by atoms with E-state index in [2.05, 4.69) is 51.1 Å². The molecule has 6 nitrogen and oxygen atoms in total. The van der Waals surface area contributed by atoms with Crippen LogP contribution >= 0.6 is 24.0 Å². The van der Waals surface area contributed by atoms with Crippen molar-refractivity contribution in [2.75, 3.05) is 32.4 Å². The number of sulfonamides is 1. The molecule has 1 aromatic carbocycles. The van der Waals surface area contributed by atoms with Crippen LogP contribution in [-0.4, -0.2) is 57.8 Å². The lowest BCUT2D eigenvalue weighted by Crippen LogP contribution is -2.44. The van der Waals surface area contributed by atoms with Gasteiger partial charge in [0.25, 0.3) is 0 Å². The highest BCUT2D eigenvalue weighted by molar-refractivity contribution is 14.0. The van der Waals surface area contributed by atoms with Gasteiger partial charge in [-0.1, -0.05) is 37.3 Å². The molecule has 1 aliphatic rings. The van der Waals surface area contributed by atoms with Gasteiger partial charge in [-0.25, -0.2) is 13.1 Å². The molecule has 0 aromatic heterocycles. The van der Waals surface area contributed by atoms with Crippen LogP contribution in [0.3, 0.4) is 0 Å². The Morgan fingerprint density at radius 2 is 1.96 bits per heavy atom. The minimum atomic E-state index is -3.26. The maximum Gasteiger partial charge on any atom is 0.213 e. The summed E-state index contributed by atoms with van der Waals surface area (Å²) in [4.78, 5) is 6.53. The average molecular weight is 494 g/mol. The van der Waals surface area contributed by atoms with Crippen LogP contribution in [0.5, 0.6) is 0 Å². The second-order valence-corrected chi connectivity index (χ2v) is 9.04. The lowest BCUT2D eigenvalue weighted by Gasteiger charge is -2.27. The summed E-state index contributed by atoms with van der Waals surface area (Å²) in [5.74, 6) is 0.799. The third kappa shape index (κ3) is 6.38. The molecule has 1 fully saturated rings. The van der Waals surface area contributed by atoms with E-state index in [4.69, 9.17) is 0 Å². The molecular weight excluding hydrogens is 463 g/mol. The van der Waals surface area contributed by atoms with Crippen LogP contribution < -0.4 is 10.0 Å². The van der Waals surface area contributed by atoms with Gasteiger partial charge in [-0.05, 0) is 25.8 Å². The Hall–Kier alpha value is -0.870. The highest BCUT2D eigenvalue weighted by Crippen LogP contribution is 2.33. The van der Waals surface area contributed by atoms with Crippen LogP contribution in [0.1, 0.15) is 32.8 Å². The van der Waals surface area contributed by atoms with Crippen molar-refractivity contribution in [1.29, 1.82) is 0 Å². The number of hydrogen-bond donors (Lipinski definition) is 2. The first-order valence-corrected chi connectivity index (χ1v) is 10.4. The number of aliphatic imine (C=N–C) groups is 1. The highest BCUT2D eigenvalue weighted by atomic mass is 127. The van der Waals surface area contributed by atoms with E-state index in [0.29, 0.717) is 6.54 Å². The lowest BCUT2D eigenvalue weighted by molar-refractivity contribution is 0.439. The number of halogens is 1. The third-order valence-corrected chi connectivity index (χ3v) is 6.10. The summed E-state index contributed by atoms with van der Waals surface area (Å²) in [7, 11) is -1.52. The molecule has 1 saturated heterocycles. The maximum absolute atomic E-state index is 11.9. The molecule has 26 heavy (non-hydrogen) atoms. The molecule has 148 valence electrons. The van der Waals surface area contributed by atoms with Crippen LogP contribution in [-0.2, 0) is 15.4 Å². The highest BCUT2D eigenvalue weighted by Gasteiger charge is 2.36. The van der Waals surface area contributed by atoms with Crippen molar-refractivity contribution in [3.05, 3.63) is 35.9 Å². The first-order valence-electron chi connectivity index (χ1n) is 8.77. The minimum absolute atomic E-state index is 0.